The van der Waals surface area contributed by atoms with Gasteiger partial charge in [0.1, 0.15) is 6.61 Å². The average molecular weight is 384 g/mol. The molecule has 0 spiro atoms. The third kappa shape index (κ3) is 4.33. The van der Waals surface area contributed by atoms with Crippen LogP contribution >= 0.6 is 0 Å². The molecule has 0 aliphatic carbocycles. The summed E-state index contributed by atoms with van der Waals surface area (Å²) in [6, 6.07) is 9.44. The summed E-state index contributed by atoms with van der Waals surface area (Å²) < 4.78 is 11.7. The monoisotopic (exact) mass is 384 g/mol. The first-order valence-corrected chi connectivity index (χ1v) is 9.67. The standard InChI is InChI=1S/C20H25N5O3/c1-23(13-16-15-27-17-5-2-3-6-18(17)28-16)19(26)14-24-9-11-25(12-10-24)20-21-7-4-8-22-20/h2-8,16H,9-15H2,1H3/p+1/t16-/m1/s1. The highest BCUT2D eigenvalue weighted by molar-refractivity contribution is 5.76. The second-order valence-corrected chi connectivity index (χ2v) is 7.23. The lowest BCUT2D eigenvalue weighted by molar-refractivity contribution is -0.892. The van der Waals surface area contributed by atoms with Crippen molar-refractivity contribution < 1.29 is 19.2 Å². The maximum atomic E-state index is 12.7. The van der Waals surface area contributed by atoms with Gasteiger partial charge in [-0.15, -0.1) is 0 Å². The van der Waals surface area contributed by atoms with Gasteiger partial charge in [0.05, 0.1) is 32.7 Å². The quantitative estimate of drug-likeness (QED) is 0.748. The zero-order valence-corrected chi connectivity index (χ0v) is 16.1. The molecule has 8 nitrogen and oxygen atoms in total. The van der Waals surface area contributed by atoms with Gasteiger partial charge >= 0.3 is 0 Å². The topological polar surface area (TPSA) is 72.2 Å². The minimum absolute atomic E-state index is 0.127. The van der Waals surface area contributed by atoms with Crippen LogP contribution in [0.4, 0.5) is 5.95 Å². The minimum Gasteiger partial charge on any atom is -0.486 e. The van der Waals surface area contributed by atoms with Gasteiger partial charge in [0, 0.05) is 19.4 Å². The Morgan fingerprint density at radius 1 is 1.18 bits per heavy atom. The number of benzene rings is 1. The van der Waals surface area contributed by atoms with E-state index >= 15 is 0 Å². The van der Waals surface area contributed by atoms with E-state index in [1.54, 1.807) is 17.3 Å². The van der Waals surface area contributed by atoms with E-state index in [0.717, 1.165) is 43.6 Å². The van der Waals surface area contributed by atoms with Crippen LogP contribution in [0.15, 0.2) is 42.7 Å². The number of nitrogens with one attached hydrogen (secondary N) is 1. The predicted molar refractivity (Wildman–Crippen MR) is 104 cm³/mol. The number of hydrogen-bond donors (Lipinski definition) is 1. The van der Waals surface area contributed by atoms with Gasteiger partial charge in [-0.25, -0.2) is 9.97 Å². The second kappa shape index (κ2) is 8.43. The number of hydrogen-bond acceptors (Lipinski definition) is 6. The number of amides is 1. The van der Waals surface area contributed by atoms with Gasteiger partial charge in [0.15, 0.2) is 24.1 Å². The normalized spacial score (nSPS) is 19.3. The van der Waals surface area contributed by atoms with Gasteiger partial charge in [-0.1, -0.05) is 12.1 Å². The fourth-order valence-electron chi connectivity index (χ4n) is 3.56. The second-order valence-electron chi connectivity index (χ2n) is 7.23. The molecule has 1 fully saturated rings. The van der Waals surface area contributed by atoms with Crippen LogP contribution in [0, 0.1) is 0 Å². The first kappa shape index (κ1) is 18.5. The number of carbonyl (C=O) groups is 1. The van der Waals surface area contributed by atoms with E-state index < -0.39 is 0 Å². The van der Waals surface area contributed by atoms with Gasteiger partial charge in [0.25, 0.3) is 5.91 Å². The molecule has 1 N–H and O–H groups in total. The zero-order chi connectivity index (χ0) is 19.3. The Morgan fingerprint density at radius 3 is 2.64 bits per heavy atom. The molecule has 8 heteroatoms. The number of para-hydroxylation sites is 2. The Morgan fingerprint density at radius 2 is 1.89 bits per heavy atom. The average Bonchev–Trinajstić information content (AvgIpc) is 2.75. The Hall–Kier alpha value is -2.87. The molecule has 2 aromatic rings. The molecule has 4 rings (SSSR count). The molecule has 1 amide bonds. The van der Waals surface area contributed by atoms with Crippen molar-refractivity contribution >= 4 is 11.9 Å². The first-order valence-electron chi connectivity index (χ1n) is 9.67. The molecule has 2 aliphatic heterocycles. The Labute approximate surface area is 164 Å². The van der Waals surface area contributed by atoms with Crippen LogP contribution in [0.1, 0.15) is 0 Å². The highest BCUT2D eigenvalue weighted by atomic mass is 16.6. The molecular formula is C20H26N5O3+. The molecule has 1 saturated heterocycles. The van der Waals surface area contributed by atoms with E-state index in [0.29, 0.717) is 19.7 Å². The van der Waals surface area contributed by atoms with Crippen molar-refractivity contribution in [3.8, 4) is 11.5 Å². The summed E-state index contributed by atoms with van der Waals surface area (Å²) in [7, 11) is 1.83. The van der Waals surface area contributed by atoms with Crippen LogP contribution in [0.5, 0.6) is 11.5 Å². The number of nitrogens with zero attached hydrogens (tertiary/aromatic N) is 4. The lowest BCUT2D eigenvalue weighted by Gasteiger charge is -2.33. The molecule has 1 aromatic heterocycles. The molecule has 0 bridgehead atoms. The number of quaternary nitrogens is 1. The van der Waals surface area contributed by atoms with Crippen LogP contribution in [-0.4, -0.2) is 79.8 Å². The third-order valence-electron chi connectivity index (χ3n) is 5.18. The molecule has 1 aromatic carbocycles. The minimum atomic E-state index is -0.147. The van der Waals surface area contributed by atoms with E-state index in [4.69, 9.17) is 9.47 Å². The molecule has 28 heavy (non-hydrogen) atoms. The molecule has 148 valence electrons. The highest BCUT2D eigenvalue weighted by Crippen LogP contribution is 2.30. The van der Waals surface area contributed by atoms with E-state index in [2.05, 4.69) is 14.9 Å². The molecular weight excluding hydrogens is 358 g/mol. The fraction of sp³-hybridized carbons (Fsp3) is 0.450. The predicted octanol–water partition coefficient (Wildman–Crippen LogP) is -0.520. The molecule has 0 saturated carbocycles. The number of aromatic nitrogens is 2. The first-order chi connectivity index (χ1) is 13.7. The van der Waals surface area contributed by atoms with Crippen LogP contribution in [0.3, 0.4) is 0 Å². The number of likely N-dealkylation sites (N-methyl/N-ethyl adjacent to an activating group) is 1. The van der Waals surface area contributed by atoms with Crippen molar-refractivity contribution in [2.24, 2.45) is 0 Å². The van der Waals surface area contributed by atoms with Crippen LogP contribution in [0.25, 0.3) is 0 Å². The molecule has 3 heterocycles. The van der Waals surface area contributed by atoms with Crippen molar-refractivity contribution in [2.75, 3.05) is 57.8 Å². The van der Waals surface area contributed by atoms with E-state index in [1.165, 1.54) is 4.90 Å². The number of ether oxygens (including phenoxy) is 2. The van der Waals surface area contributed by atoms with E-state index in [-0.39, 0.29) is 12.0 Å². The van der Waals surface area contributed by atoms with Crippen molar-refractivity contribution in [3.63, 3.8) is 0 Å². The fourth-order valence-corrected chi connectivity index (χ4v) is 3.56. The Kier molecular flexibility index (Phi) is 5.57. The number of anilines is 1. The van der Waals surface area contributed by atoms with Crippen LogP contribution in [0.2, 0.25) is 0 Å². The van der Waals surface area contributed by atoms with Crippen LogP contribution in [-0.2, 0) is 4.79 Å². The van der Waals surface area contributed by atoms with Crippen molar-refractivity contribution in [1.82, 2.24) is 14.9 Å². The van der Waals surface area contributed by atoms with E-state index in [9.17, 15) is 4.79 Å². The zero-order valence-electron chi connectivity index (χ0n) is 16.1. The summed E-state index contributed by atoms with van der Waals surface area (Å²) in [4.78, 5) is 26.5. The third-order valence-corrected chi connectivity index (χ3v) is 5.18. The summed E-state index contributed by atoms with van der Waals surface area (Å²) in [6.45, 7) is 4.97. The SMILES string of the molecule is CN(C[C@@H]1COc2ccccc2O1)C(=O)C[NH+]1CCN(c2ncccn2)CC1. The van der Waals surface area contributed by atoms with Gasteiger partial charge in [0.2, 0.25) is 5.95 Å². The van der Waals surface area contributed by atoms with E-state index in [1.807, 2.05) is 37.4 Å². The van der Waals surface area contributed by atoms with Gasteiger partial charge in [-0.3, -0.25) is 4.79 Å². The van der Waals surface area contributed by atoms with Crippen molar-refractivity contribution in [2.45, 2.75) is 6.10 Å². The number of fused-ring (bicyclic) bond motifs is 1. The smallest absolute Gasteiger partial charge is 0.277 e. The van der Waals surface area contributed by atoms with Crippen LogP contribution < -0.4 is 19.3 Å². The Balaban J connectivity index is 1.23. The lowest BCUT2D eigenvalue weighted by Crippen LogP contribution is -3.15. The highest BCUT2D eigenvalue weighted by Gasteiger charge is 2.27. The summed E-state index contributed by atoms with van der Waals surface area (Å²) in [5, 5.41) is 0. The maximum Gasteiger partial charge on any atom is 0.277 e. The maximum absolute atomic E-state index is 12.7. The summed E-state index contributed by atoms with van der Waals surface area (Å²) >= 11 is 0. The Bertz CT molecular complexity index is 795. The molecule has 1 atom stereocenters. The summed E-state index contributed by atoms with van der Waals surface area (Å²) in [5.41, 5.74) is 0. The van der Waals surface area contributed by atoms with Gasteiger partial charge < -0.3 is 24.2 Å². The molecule has 2 aliphatic rings. The number of rotatable bonds is 5. The largest absolute Gasteiger partial charge is 0.486 e. The summed E-state index contributed by atoms with van der Waals surface area (Å²) in [6.07, 6.45) is 3.37. The molecule has 0 radical (unpaired) electrons. The number of carbonyl (C=O) groups excluding carboxylic acids is 1. The van der Waals surface area contributed by atoms with Crippen molar-refractivity contribution in [1.29, 1.82) is 0 Å². The van der Waals surface area contributed by atoms with Crippen molar-refractivity contribution in [3.05, 3.63) is 42.7 Å². The summed E-state index contributed by atoms with van der Waals surface area (Å²) in [5.74, 6) is 2.39. The van der Waals surface area contributed by atoms with Gasteiger partial charge in [-0.05, 0) is 18.2 Å². The lowest BCUT2D eigenvalue weighted by atomic mass is 10.2. The number of piperazine rings is 1. The molecule has 0 unspecified atom stereocenters. The van der Waals surface area contributed by atoms with Gasteiger partial charge in [-0.2, -0.15) is 0 Å².